The summed E-state index contributed by atoms with van der Waals surface area (Å²) >= 11 is 0. The first kappa shape index (κ1) is 12.3. The van der Waals surface area contributed by atoms with Crippen molar-refractivity contribution < 1.29 is 9.26 Å². The molecule has 0 aromatic carbocycles. The lowest BCUT2D eigenvalue weighted by atomic mass is 10.1. The molecule has 1 atom stereocenters. The van der Waals surface area contributed by atoms with Crippen LogP contribution in [0.2, 0.25) is 0 Å². The summed E-state index contributed by atoms with van der Waals surface area (Å²) in [5.74, 6) is 1.88. The molecule has 0 bridgehead atoms. The summed E-state index contributed by atoms with van der Waals surface area (Å²) in [6.07, 6.45) is 1.79. The number of hydrogen-bond donors (Lipinski definition) is 1. The van der Waals surface area contributed by atoms with Gasteiger partial charge in [-0.2, -0.15) is 4.98 Å². The van der Waals surface area contributed by atoms with E-state index in [-0.39, 0.29) is 0 Å². The molecule has 1 aromatic heterocycles. The molecule has 96 valence electrons. The van der Waals surface area contributed by atoms with E-state index in [9.17, 15) is 0 Å². The van der Waals surface area contributed by atoms with Crippen LogP contribution in [0, 0.1) is 5.92 Å². The molecular formula is C11H20N4O2. The van der Waals surface area contributed by atoms with Gasteiger partial charge in [-0.3, -0.25) is 0 Å². The molecule has 2 rings (SSSR count). The van der Waals surface area contributed by atoms with Crippen molar-refractivity contribution >= 4 is 5.95 Å². The Morgan fingerprint density at radius 2 is 2.18 bits per heavy atom. The second kappa shape index (κ2) is 5.97. The van der Waals surface area contributed by atoms with Gasteiger partial charge in [-0.25, -0.2) is 0 Å². The van der Waals surface area contributed by atoms with Crippen molar-refractivity contribution in [2.45, 2.75) is 19.8 Å². The summed E-state index contributed by atoms with van der Waals surface area (Å²) in [6, 6.07) is 0. The molecule has 1 unspecified atom stereocenters. The number of ether oxygens (including phenoxy) is 1. The number of aryl methyl sites for hydroxylation is 1. The first-order valence-electron chi connectivity index (χ1n) is 6.15. The molecular weight excluding hydrogens is 220 g/mol. The maximum absolute atomic E-state index is 5.57. The van der Waals surface area contributed by atoms with E-state index in [2.05, 4.69) is 22.0 Å². The smallest absolute Gasteiger partial charge is 0.266 e. The Morgan fingerprint density at radius 3 is 2.88 bits per heavy atom. The summed E-state index contributed by atoms with van der Waals surface area (Å²) in [5, 5.41) is 4.00. The summed E-state index contributed by atoms with van der Waals surface area (Å²) in [7, 11) is 0. The van der Waals surface area contributed by atoms with Gasteiger partial charge >= 0.3 is 0 Å². The zero-order chi connectivity index (χ0) is 12.1. The standard InChI is InChI=1S/C11H20N4O2/c1-9(8-12)2-3-10-13-11(14-17-10)15-4-6-16-7-5-15/h9H,2-8,12H2,1H3. The molecule has 0 saturated carbocycles. The van der Waals surface area contributed by atoms with Crippen molar-refractivity contribution in [2.75, 3.05) is 37.7 Å². The van der Waals surface area contributed by atoms with Crippen LogP contribution < -0.4 is 10.6 Å². The van der Waals surface area contributed by atoms with Crippen LogP contribution >= 0.6 is 0 Å². The van der Waals surface area contributed by atoms with E-state index < -0.39 is 0 Å². The molecule has 1 aromatic rings. The van der Waals surface area contributed by atoms with E-state index in [1.165, 1.54) is 0 Å². The van der Waals surface area contributed by atoms with E-state index in [4.69, 9.17) is 15.0 Å². The van der Waals surface area contributed by atoms with E-state index in [1.807, 2.05) is 0 Å². The summed E-state index contributed by atoms with van der Waals surface area (Å²) < 4.78 is 10.5. The molecule has 0 amide bonds. The second-order valence-electron chi connectivity index (χ2n) is 4.47. The van der Waals surface area contributed by atoms with Gasteiger partial charge in [0.1, 0.15) is 0 Å². The molecule has 0 radical (unpaired) electrons. The zero-order valence-electron chi connectivity index (χ0n) is 10.3. The van der Waals surface area contributed by atoms with Crippen LogP contribution in [0.5, 0.6) is 0 Å². The Morgan fingerprint density at radius 1 is 1.41 bits per heavy atom. The van der Waals surface area contributed by atoms with Crippen molar-refractivity contribution in [3.8, 4) is 0 Å². The number of hydrogen-bond acceptors (Lipinski definition) is 6. The highest BCUT2D eigenvalue weighted by atomic mass is 16.5. The van der Waals surface area contributed by atoms with Gasteiger partial charge in [0, 0.05) is 19.5 Å². The predicted octanol–water partition coefficient (Wildman–Crippen LogP) is 0.434. The van der Waals surface area contributed by atoms with Gasteiger partial charge in [0.25, 0.3) is 5.95 Å². The molecule has 6 nitrogen and oxygen atoms in total. The first-order valence-corrected chi connectivity index (χ1v) is 6.15. The molecule has 0 spiro atoms. The van der Waals surface area contributed by atoms with Gasteiger partial charge in [0.15, 0.2) is 0 Å². The Kier molecular flexibility index (Phi) is 4.33. The number of anilines is 1. The maximum Gasteiger partial charge on any atom is 0.266 e. The maximum atomic E-state index is 5.57. The molecule has 2 heterocycles. The minimum Gasteiger partial charge on any atom is -0.378 e. The van der Waals surface area contributed by atoms with Gasteiger partial charge in [-0.1, -0.05) is 6.92 Å². The fourth-order valence-electron chi connectivity index (χ4n) is 1.73. The minimum absolute atomic E-state index is 0.494. The second-order valence-corrected chi connectivity index (χ2v) is 4.47. The topological polar surface area (TPSA) is 77.4 Å². The Bertz CT molecular complexity index is 336. The van der Waals surface area contributed by atoms with Crippen molar-refractivity contribution in [3.05, 3.63) is 5.89 Å². The van der Waals surface area contributed by atoms with Gasteiger partial charge in [0.05, 0.1) is 13.2 Å². The van der Waals surface area contributed by atoms with Crippen LogP contribution in [0.3, 0.4) is 0 Å². The van der Waals surface area contributed by atoms with Crippen LogP contribution in [0.15, 0.2) is 4.52 Å². The van der Waals surface area contributed by atoms with E-state index in [0.717, 1.165) is 39.1 Å². The summed E-state index contributed by atoms with van der Waals surface area (Å²) in [5.41, 5.74) is 5.57. The quantitative estimate of drug-likeness (QED) is 0.804. The molecule has 2 N–H and O–H groups in total. The lowest BCUT2D eigenvalue weighted by molar-refractivity contribution is 0.121. The molecule has 17 heavy (non-hydrogen) atoms. The summed E-state index contributed by atoms with van der Waals surface area (Å²) in [6.45, 7) is 5.95. The molecule has 6 heteroatoms. The van der Waals surface area contributed by atoms with Crippen LogP contribution in [0.25, 0.3) is 0 Å². The Hall–Kier alpha value is -1.14. The Balaban J connectivity index is 1.86. The number of nitrogens with two attached hydrogens (primary N) is 1. The number of morpholine rings is 1. The van der Waals surface area contributed by atoms with Gasteiger partial charge in [-0.05, 0) is 24.0 Å². The minimum atomic E-state index is 0.494. The van der Waals surface area contributed by atoms with Crippen LogP contribution in [-0.4, -0.2) is 43.0 Å². The average Bonchev–Trinajstić information content (AvgIpc) is 2.86. The van der Waals surface area contributed by atoms with Crippen molar-refractivity contribution in [1.82, 2.24) is 10.1 Å². The van der Waals surface area contributed by atoms with Crippen molar-refractivity contribution in [1.29, 1.82) is 0 Å². The Labute approximate surface area is 101 Å². The summed E-state index contributed by atoms with van der Waals surface area (Å²) in [4.78, 5) is 6.48. The van der Waals surface area contributed by atoms with E-state index >= 15 is 0 Å². The fraction of sp³-hybridized carbons (Fsp3) is 0.818. The van der Waals surface area contributed by atoms with Crippen molar-refractivity contribution in [2.24, 2.45) is 11.7 Å². The SMILES string of the molecule is CC(CN)CCc1nc(N2CCOCC2)no1. The van der Waals surface area contributed by atoms with Gasteiger partial charge in [0.2, 0.25) is 5.89 Å². The van der Waals surface area contributed by atoms with Gasteiger partial charge in [-0.15, -0.1) is 0 Å². The highest BCUT2D eigenvalue weighted by Gasteiger charge is 2.17. The van der Waals surface area contributed by atoms with Crippen molar-refractivity contribution in [3.63, 3.8) is 0 Å². The van der Waals surface area contributed by atoms with E-state index in [1.54, 1.807) is 0 Å². The molecule has 1 fully saturated rings. The third-order valence-corrected chi connectivity index (χ3v) is 3.00. The lowest BCUT2D eigenvalue weighted by Crippen LogP contribution is -2.36. The number of aromatic nitrogens is 2. The first-order chi connectivity index (χ1) is 8.29. The van der Waals surface area contributed by atoms with Crippen LogP contribution in [-0.2, 0) is 11.2 Å². The largest absolute Gasteiger partial charge is 0.378 e. The third-order valence-electron chi connectivity index (χ3n) is 3.00. The number of rotatable bonds is 5. The monoisotopic (exact) mass is 240 g/mol. The molecule has 1 aliphatic rings. The molecule has 1 aliphatic heterocycles. The highest BCUT2D eigenvalue weighted by Crippen LogP contribution is 2.13. The fourth-order valence-corrected chi connectivity index (χ4v) is 1.73. The molecule has 1 saturated heterocycles. The molecule has 0 aliphatic carbocycles. The van der Waals surface area contributed by atoms with E-state index in [0.29, 0.717) is 24.3 Å². The van der Waals surface area contributed by atoms with Crippen LogP contribution in [0.4, 0.5) is 5.95 Å². The van der Waals surface area contributed by atoms with Gasteiger partial charge < -0.3 is 19.9 Å². The lowest BCUT2D eigenvalue weighted by Gasteiger charge is -2.24. The zero-order valence-corrected chi connectivity index (χ0v) is 10.3. The normalized spacial score (nSPS) is 18.4. The predicted molar refractivity (Wildman–Crippen MR) is 63.9 cm³/mol. The van der Waals surface area contributed by atoms with Crippen LogP contribution in [0.1, 0.15) is 19.2 Å². The third kappa shape index (κ3) is 3.41. The highest BCUT2D eigenvalue weighted by molar-refractivity contribution is 5.27. The average molecular weight is 240 g/mol. The number of nitrogens with zero attached hydrogens (tertiary/aromatic N) is 3.